The van der Waals surface area contributed by atoms with Crippen LogP contribution in [0.5, 0.6) is 0 Å². The van der Waals surface area contributed by atoms with Gasteiger partial charge in [-0.05, 0) is 6.07 Å². The second kappa shape index (κ2) is 4.68. The van der Waals surface area contributed by atoms with Crippen molar-refractivity contribution in [1.82, 2.24) is 10.6 Å². The molecule has 0 aromatic heterocycles. The lowest BCUT2D eigenvalue weighted by Gasteiger charge is -2.28. The van der Waals surface area contributed by atoms with Gasteiger partial charge in [0.2, 0.25) is 0 Å². The SMILES string of the molecule is O=C(NC1CNC1)c1cc([N+](=O)[O-])ccc1Cl. The number of carbonyl (C=O) groups excluding carboxylic acids is 1. The Morgan fingerprint density at radius 2 is 2.24 bits per heavy atom. The molecule has 1 aliphatic rings. The normalized spacial score (nSPS) is 15.1. The van der Waals surface area contributed by atoms with Crippen LogP contribution in [0.25, 0.3) is 0 Å². The zero-order valence-electron chi connectivity index (χ0n) is 8.77. The van der Waals surface area contributed by atoms with Gasteiger partial charge in [0.1, 0.15) is 0 Å². The number of nitro benzene ring substituents is 1. The quantitative estimate of drug-likeness (QED) is 0.622. The van der Waals surface area contributed by atoms with Gasteiger partial charge >= 0.3 is 0 Å². The molecule has 6 nitrogen and oxygen atoms in total. The smallest absolute Gasteiger partial charge is 0.270 e. The molecule has 2 N–H and O–H groups in total. The largest absolute Gasteiger partial charge is 0.347 e. The first kappa shape index (κ1) is 11.8. The molecule has 0 unspecified atom stereocenters. The summed E-state index contributed by atoms with van der Waals surface area (Å²) in [6.45, 7) is 1.41. The molecule has 1 heterocycles. The van der Waals surface area contributed by atoms with Gasteiger partial charge in [-0.1, -0.05) is 11.6 Å². The van der Waals surface area contributed by atoms with Crippen LogP contribution < -0.4 is 10.6 Å². The van der Waals surface area contributed by atoms with E-state index in [0.717, 1.165) is 0 Å². The first-order chi connectivity index (χ1) is 8.08. The summed E-state index contributed by atoms with van der Waals surface area (Å²) in [7, 11) is 0. The van der Waals surface area contributed by atoms with Gasteiger partial charge < -0.3 is 10.6 Å². The first-order valence-electron chi connectivity index (χ1n) is 5.03. The number of nitrogens with zero attached hydrogens (tertiary/aromatic N) is 1. The number of hydrogen-bond acceptors (Lipinski definition) is 4. The van der Waals surface area contributed by atoms with Gasteiger partial charge in [-0.25, -0.2) is 0 Å². The van der Waals surface area contributed by atoms with E-state index in [1.807, 2.05) is 0 Å². The Morgan fingerprint density at radius 1 is 1.53 bits per heavy atom. The Bertz CT molecular complexity index is 474. The van der Waals surface area contributed by atoms with E-state index in [9.17, 15) is 14.9 Å². The van der Waals surface area contributed by atoms with Gasteiger partial charge in [-0.3, -0.25) is 14.9 Å². The van der Waals surface area contributed by atoms with E-state index in [4.69, 9.17) is 11.6 Å². The van der Waals surface area contributed by atoms with E-state index in [1.165, 1.54) is 18.2 Å². The molecule has 1 aromatic rings. The lowest BCUT2D eigenvalue weighted by atomic mass is 10.1. The highest BCUT2D eigenvalue weighted by Gasteiger charge is 2.22. The summed E-state index contributed by atoms with van der Waals surface area (Å²) < 4.78 is 0. The second-order valence-electron chi connectivity index (χ2n) is 3.75. The van der Waals surface area contributed by atoms with Crippen molar-refractivity contribution in [2.45, 2.75) is 6.04 Å². The highest BCUT2D eigenvalue weighted by Crippen LogP contribution is 2.22. The monoisotopic (exact) mass is 255 g/mol. The predicted octanol–water partition coefficient (Wildman–Crippen LogP) is 0.950. The average Bonchev–Trinajstić information content (AvgIpc) is 2.23. The Hall–Kier alpha value is -1.66. The number of carbonyl (C=O) groups is 1. The van der Waals surface area contributed by atoms with Crippen LogP contribution in [0.4, 0.5) is 5.69 Å². The van der Waals surface area contributed by atoms with E-state index in [1.54, 1.807) is 0 Å². The molecule has 1 amide bonds. The Labute approximate surface area is 102 Å². The molecular formula is C10H10ClN3O3. The van der Waals surface area contributed by atoms with Crippen LogP contribution in [-0.2, 0) is 0 Å². The molecular weight excluding hydrogens is 246 g/mol. The fraction of sp³-hybridized carbons (Fsp3) is 0.300. The van der Waals surface area contributed by atoms with Crippen molar-refractivity contribution in [3.05, 3.63) is 38.9 Å². The molecule has 17 heavy (non-hydrogen) atoms. The molecule has 0 atom stereocenters. The van der Waals surface area contributed by atoms with Gasteiger partial charge in [0.15, 0.2) is 0 Å². The number of nitrogens with one attached hydrogen (secondary N) is 2. The highest BCUT2D eigenvalue weighted by atomic mass is 35.5. The summed E-state index contributed by atoms with van der Waals surface area (Å²) >= 11 is 5.84. The van der Waals surface area contributed by atoms with Crippen LogP contribution in [0.3, 0.4) is 0 Å². The minimum Gasteiger partial charge on any atom is -0.347 e. The van der Waals surface area contributed by atoms with Crippen LogP contribution in [0, 0.1) is 10.1 Å². The Kier molecular flexibility index (Phi) is 3.26. The summed E-state index contributed by atoms with van der Waals surface area (Å²) in [5.74, 6) is -0.384. The number of rotatable bonds is 3. The van der Waals surface area contributed by atoms with E-state index in [2.05, 4.69) is 10.6 Å². The minimum atomic E-state index is -0.558. The van der Waals surface area contributed by atoms with Crippen molar-refractivity contribution in [2.75, 3.05) is 13.1 Å². The molecule has 0 radical (unpaired) electrons. The maximum atomic E-state index is 11.8. The lowest BCUT2D eigenvalue weighted by Crippen LogP contribution is -2.56. The Morgan fingerprint density at radius 3 is 2.76 bits per heavy atom. The van der Waals surface area contributed by atoms with Crippen molar-refractivity contribution >= 4 is 23.2 Å². The molecule has 1 fully saturated rings. The van der Waals surface area contributed by atoms with Crippen molar-refractivity contribution in [3.63, 3.8) is 0 Å². The summed E-state index contributed by atoms with van der Waals surface area (Å²) in [6.07, 6.45) is 0. The molecule has 0 saturated carbocycles. The first-order valence-corrected chi connectivity index (χ1v) is 5.41. The highest BCUT2D eigenvalue weighted by molar-refractivity contribution is 6.33. The van der Waals surface area contributed by atoms with Crippen LogP contribution in [0.2, 0.25) is 5.02 Å². The van der Waals surface area contributed by atoms with Crippen molar-refractivity contribution < 1.29 is 9.72 Å². The third-order valence-electron chi connectivity index (χ3n) is 2.52. The lowest BCUT2D eigenvalue weighted by molar-refractivity contribution is -0.384. The molecule has 90 valence electrons. The molecule has 0 bridgehead atoms. The maximum Gasteiger partial charge on any atom is 0.270 e. The van der Waals surface area contributed by atoms with Crippen LogP contribution in [-0.4, -0.2) is 30.0 Å². The molecule has 7 heteroatoms. The number of amides is 1. The third kappa shape index (κ3) is 2.54. The molecule has 1 aromatic carbocycles. The number of nitro groups is 1. The molecule has 0 aliphatic carbocycles. The van der Waals surface area contributed by atoms with Gasteiger partial charge in [0.05, 0.1) is 21.6 Å². The van der Waals surface area contributed by atoms with Crippen LogP contribution >= 0.6 is 11.6 Å². The van der Waals surface area contributed by atoms with Crippen molar-refractivity contribution in [3.8, 4) is 0 Å². The molecule has 2 rings (SSSR count). The van der Waals surface area contributed by atoms with Crippen molar-refractivity contribution in [2.24, 2.45) is 0 Å². The van der Waals surface area contributed by atoms with E-state index in [-0.39, 0.29) is 28.2 Å². The van der Waals surface area contributed by atoms with Crippen LogP contribution in [0.15, 0.2) is 18.2 Å². The van der Waals surface area contributed by atoms with Crippen molar-refractivity contribution in [1.29, 1.82) is 0 Å². The number of halogens is 1. The van der Waals surface area contributed by atoms with Crippen LogP contribution in [0.1, 0.15) is 10.4 Å². The maximum absolute atomic E-state index is 11.8. The second-order valence-corrected chi connectivity index (χ2v) is 4.16. The molecule has 1 aliphatic heterocycles. The fourth-order valence-electron chi connectivity index (χ4n) is 1.45. The summed E-state index contributed by atoms with van der Waals surface area (Å²) in [5.41, 5.74) is -0.0148. The fourth-order valence-corrected chi connectivity index (χ4v) is 1.66. The molecule has 0 spiro atoms. The minimum absolute atomic E-state index is 0.0674. The molecule has 1 saturated heterocycles. The van der Waals surface area contributed by atoms with Gasteiger partial charge in [0.25, 0.3) is 11.6 Å². The Balaban J connectivity index is 2.20. The number of hydrogen-bond donors (Lipinski definition) is 2. The zero-order valence-corrected chi connectivity index (χ0v) is 9.53. The van der Waals surface area contributed by atoms with Gasteiger partial charge in [-0.2, -0.15) is 0 Å². The summed E-state index contributed by atoms with van der Waals surface area (Å²) in [6, 6.07) is 3.87. The third-order valence-corrected chi connectivity index (χ3v) is 2.85. The van der Waals surface area contributed by atoms with E-state index in [0.29, 0.717) is 13.1 Å². The zero-order chi connectivity index (χ0) is 12.4. The number of benzene rings is 1. The van der Waals surface area contributed by atoms with Gasteiger partial charge in [0, 0.05) is 25.2 Å². The van der Waals surface area contributed by atoms with E-state index >= 15 is 0 Å². The average molecular weight is 256 g/mol. The predicted molar refractivity (Wildman–Crippen MR) is 62.2 cm³/mol. The summed E-state index contributed by atoms with van der Waals surface area (Å²) in [4.78, 5) is 21.8. The van der Waals surface area contributed by atoms with E-state index < -0.39 is 4.92 Å². The summed E-state index contributed by atoms with van der Waals surface area (Å²) in [5, 5.41) is 16.5. The standard InChI is InChI=1S/C10H10ClN3O3/c11-9-2-1-7(14(16)17)3-8(9)10(15)13-6-4-12-5-6/h1-3,6,12H,4-5H2,(H,13,15). The van der Waals surface area contributed by atoms with Gasteiger partial charge in [-0.15, -0.1) is 0 Å². The number of non-ortho nitro benzene ring substituents is 1. The topological polar surface area (TPSA) is 84.3 Å².